The van der Waals surface area contributed by atoms with E-state index in [9.17, 15) is 26.3 Å². The van der Waals surface area contributed by atoms with Crippen LogP contribution in [0.2, 0.25) is 0 Å². The second-order valence-corrected chi connectivity index (χ2v) is 17.2. The molecule has 322 valence electrons. The van der Waals surface area contributed by atoms with Gasteiger partial charge in [-0.25, -0.2) is 0 Å². The number of fused-ring (bicyclic) bond motifs is 7. The van der Waals surface area contributed by atoms with E-state index in [0.717, 1.165) is 72.6 Å². The van der Waals surface area contributed by atoms with Crippen molar-refractivity contribution in [3.63, 3.8) is 0 Å². The van der Waals surface area contributed by atoms with Gasteiger partial charge >= 0.3 is 12.4 Å². The highest BCUT2D eigenvalue weighted by Crippen LogP contribution is 2.60. The number of hydrogen-bond acceptors (Lipinski definition) is 3. The van der Waals surface area contributed by atoms with Gasteiger partial charge in [0, 0.05) is 34.1 Å². The van der Waals surface area contributed by atoms with Gasteiger partial charge in [-0.05, 0) is 139 Å². The fourth-order valence-corrected chi connectivity index (χ4v) is 12.4. The lowest BCUT2D eigenvalue weighted by molar-refractivity contribution is -0.138. The Morgan fingerprint density at radius 2 is 1.12 bits per heavy atom. The summed E-state index contributed by atoms with van der Waals surface area (Å²) in [6, 6.07) is 14.9. The lowest BCUT2D eigenvalue weighted by atomic mass is 9.61. The molecule has 1 aromatic heterocycles. The van der Waals surface area contributed by atoms with Crippen LogP contribution in [-0.2, 0) is 23.4 Å². The summed E-state index contributed by atoms with van der Waals surface area (Å²) in [5.74, 6) is -0.00760. The van der Waals surface area contributed by atoms with Crippen molar-refractivity contribution in [3.8, 4) is 0 Å². The van der Waals surface area contributed by atoms with E-state index in [1.165, 1.54) is 28.9 Å². The van der Waals surface area contributed by atoms with E-state index in [1.54, 1.807) is 12.1 Å². The molecule has 8 bridgehead atoms. The number of nitrogens with zero attached hydrogens (tertiary/aromatic N) is 1. The summed E-state index contributed by atoms with van der Waals surface area (Å²) in [4.78, 5) is 9.06. The lowest BCUT2D eigenvalue weighted by Crippen LogP contribution is -2.67. The Kier molecular flexibility index (Phi) is 11.4. The first kappa shape index (κ1) is 43.9. The summed E-state index contributed by atoms with van der Waals surface area (Å²) in [6.07, 6.45) is 5.55. The van der Waals surface area contributed by atoms with Gasteiger partial charge in [-0.2, -0.15) is 26.3 Å². The van der Waals surface area contributed by atoms with Gasteiger partial charge in [0.15, 0.2) is 0 Å². The Hall–Kier alpha value is -4.15. The number of nitrogens with one attached hydrogen (secondary N) is 3. The molecule has 5 heterocycles. The monoisotopic (exact) mass is 830 g/mol. The van der Waals surface area contributed by atoms with Gasteiger partial charge in [-0.15, -0.1) is 0 Å². The lowest BCUT2D eigenvalue weighted by Gasteiger charge is -2.53. The fraction of sp³-hybridized carbons (Fsp3) is 0.500. The number of H-pyrrole nitrogens is 1. The summed E-state index contributed by atoms with van der Waals surface area (Å²) in [5, 5.41) is 10.6. The van der Waals surface area contributed by atoms with E-state index in [-0.39, 0.29) is 12.3 Å². The van der Waals surface area contributed by atoms with Crippen LogP contribution >= 0.6 is 0 Å². The first-order chi connectivity index (χ1) is 28.4. The van der Waals surface area contributed by atoms with Crippen LogP contribution in [0.5, 0.6) is 0 Å². The molecule has 6 atom stereocenters. The Morgan fingerprint density at radius 1 is 0.600 bits per heavy atom. The van der Waals surface area contributed by atoms with Gasteiger partial charge in [-0.1, -0.05) is 85.7 Å². The average Bonchev–Trinajstić information content (AvgIpc) is 3.98. The third-order valence-electron chi connectivity index (χ3n) is 14.7. The molecule has 0 aliphatic carbocycles. The summed E-state index contributed by atoms with van der Waals surface area (Å²) >= 11 is 0. The molecule has 3 N–H and O–H groups in total. The van der Waals surface area contributed by atoms with Gasteiger partial charge < -0.3 is 4.98 Å². The molecule has 0 amide bonds. The number of aliphatic imine (C=N–C) groups is 1. The smallest absolute Gasteiger partial charge is 0.356 e. The largest absolute Gasteiger partial charge is 0.416 e. The highest BCUT2D eigenvalue weighted by Gasteiger charge is 2.64. The topological polar surface area (TPSA) is 52.2 Å². The highest BCUT2D eigenvalue weighted by atomic mass is 19.4. The van der Waals surface area contributed by atoms with E-state index < -0.39 is 51.2 Å². The summed E-state index contributed by atoms with van der Waals surface area (Å²) in [7, 11) is 0. The molecule has 2 aromatic carbocycles. The third-order valence-corrected chi connectivity index (χ3v) is 14.7. The van der Waals surface area contributed by atoms with Crippen molar-refractivity contribution in [1.82, 2.24) is 15.6 Å². The van der Waals surface area contributed by atoms with Crippen molar-refractivity contribution in [2.75, 3.05) is 0 Å². The highest BCUT2D eigenvalue weighted by molar-refractivity contribution is 6.18. The number of hydrogen-bond donors (Lipinski definition) is 3. The average molecular weight is 831 g/mol. The normalized spacial score (nSPS) is 30.5. The van der Waals surface area contributed by atoms with Crippen LogP contribution in [0.3, 0.4) is 0 Å². The van der Waals surface area contributed by atoms with E-state index in [0.29, 0.717) is 36.1 Å². The predicted molar refractivity (Wildman–Crippen MR) is 231 cm³/mol. The van der Waals surface area contributed by atoms with Gasteiger partial charge in [0.2, 0.25) is 0 Å². The van der Waals surface area contributed by atoms with Crippen molar-refractivity contribution >= 4 is 17.9 Å². The molecular formula is C50H60F6N4. The van der Waals surface area contributed by atoms with Crippen LogP contribution in [0.1, 0.15) is 135 Å². The molecule has 0 saturated carbocycles. The van der Waals surface area contributed by atoms with Crippen molar-refractivity contribution in [2.45, 2.75) is 153 Å². The van der Waals surface area contributed by atoms with E-state index in [4.69, 9.17) is 4.99 Å². The molecule has 0 radical (unpaired) electrons. The summed E-state index contributed by atoms with van der Waals surface area (Å²) in [6.45, 7) is 17.8. The van der Waals surface area contributed by atoms with Crippen molar-refractivity contribution < 1.29 is 26.3 Å². The quantitative estimate of drug-likeness (QED) is 0.141. The molecule has 4 aliphatic heterocycles. The molecule has 60 heavy (non-hydrogen) atoms. The maximum Gasteiger partial charge on any atom is 0.416 e. The number of halogens is 6. The number of rotatable bonds is 10. The van der Waals surface area contributed by atoms with Crippen LogP contribution in [0, 0.1) is 5.92 Å². The minimum absolute atomic E-state index is 0.00760. The van der Waals surface area contributed by atoms with Crippen LogP contribution in [-0.4, -0.2) is 27.3 Å². The van der Waals surface area contributed by atoms with E-state index in [2.05, 4.69) is 83.1 Å². The summed E-state index contributed by atoms with van der Waals surface area (Å²) in [5.41, 5.74) is 1.76. The number of aromatic nitrogens is 1. The number of aromatic amines is 1. The van der Waals surface area contributed by atoms with E-state index >= 15 is 0 Å². The third kappa shape index (κ3) is 6.70. The minimum atomic E-state index is -4.54. The zero-order valence-corrected chi connectivity index (χ0v) is 36.2. The number of allylic oxidation sites excluding steroid dienone is 1. The Bertz CT molecular complexity index is 2350. The molecular weight excluding hydrogens is 771 g/mol. The molecule has 6 unspecified atom stereocenters. The first-order valence-electron chi connectivity index (χ1n) is 22.0. The SMILES string of the molecule is CCC1=C(CC)C2(CC)NC1(CC)C=c1ccc([nH]1)=CC1=NC(c3ccc(C(F)(F)F)cc3)(C=C1)CC1(c3ccc(C(F)(F)F)cc3)NC(CC)(C(CC)=C1CC)C2CC. The second kappa shape index (κ2) is 15.6. The maximum absolute atomic E-state index is 14.2. The summed E-state index contributed by atoms with van der Waals surface area (Å²) < 4.78 is 84.8. The Morgan fingerprint density at radius 3 is 1.62 bits per heavy atom. The zero-order chi connectivity index (χ0) is 43.5. The van der Waals surface area contributed by atoms with Crippen molar-refractivity contribution in [2.24, 2.45) is 10.9 Å². The standard InChI is InChI=1S/C50H60F6N4/c1-9-39-40(10-2)46(15-7)43(13-5)47(16-8)41(11-3)42(12-4)48(60-47,33-19-23-35(24-20-33)50(54,55)56)31-45(32-17-21-34(22-18-32)49(51,52)53)28-27-37(58-45)29-36-25-26-38(57-36)30-44(39,14-6)59-46/h17-30,43,57,59-60H,9-16,31H2,1-8H3. The molecule has 7 rings (SSSR count). The fourth-order valence-electron chi connectivity index (χ4n) is 12.4. The predicted octanol–water partition coefficient (Wildman–Crippen LogP) is 11.7. The molecule has 4 aliphatic rings. The maximum atomic E-state index is 14.2. The Balaban J connectivity index is 1.62. The molecule has 0 fully saturated rings. The van der Waals surface area contributed by atoms with Gasteiger partial charge in [-0.3, -0.25) is 15.6 Å². The van der Waals surface area contributed by atoms with Crippen molar-refractivity contribution in [1.29, 1.82) is 0 Å². The molecule has 0 saturated heterocycles. The van der Waals surface area contributed by atoms with Gasteiger partial charge in [0.05, 0.1) is 27.9 Å². The molecule has 0 spiro atoms. The van der Waals surface area contributed by atoms with Gasteiger partial charge in [0.1, 0.15) is 5.54 Å². The van der Waals surface area contributed by atoms with Crippen LogP contribution in [0.25, 0.3) is 12.2 Å². The first-order valence-corrected chi connectivity index (χ1v) is 22.0. The number of alkyl halides is 6. The minimum Gasteiger partial charge on any atom is -0.356 e. The molecule has 4 nitrogen and oxygen atoms in total. The molecule has 3 aromatic rings. The second-order valence-electron chi connectivity index (χ2n) is 17.2. The molecule has 10 heteroatoms. The zero-order valence-electron chi connectivity index (χ0n) is 36.2. The van der Waals surface area contributed by atoms with Crippen molar-refractivity contribution in [3.05, 3.63) is 128 Å². The Labute approximate surface area is 351 Å². The van der Waals surface area contributed by atoms with Crippen LogP contribution in [0.15, 0.2) is 100 Å². The van der Waals surface area contributed by atoms with E-state index in [1.807, 2.05) is 24.3 Å². The van der Waals surface area contributed by atoms with Crippen LogP contribution in [0.4, 0.5) is 26.3 Å². The van der Waals surface area contributed by atoms with Crippen LogP contribution < -0.4 is 21.3 Å². The number of benzene rings is 2. The van der Waals surface area contributed by atoms with Gasteiger partial charge in [0.25, 0.3) is 0 Å².